The molecule has 3 nitrogen and oxygen atoms in total. The van der Waals surface area contributed by atoms with E-state index in [1.807, 2.05) is 18.5 Å². The quantitative estimate of drug-likeness (QED) is 0.907. The van der Waals surface area contributed by atoms with Gasteiger partial charge in [0.05, 0.1) is 6.10 Å². The van der Waals surface area contributed by atoms with Gasteiger partial charge in [0.15, 0.2) is 0 Å². The lowest BCUT2D eigenvalue weighted by molar-refractivity contribution is 0.0267. The first kappa shape index (κ1) is 13.4. The third-order valence-electron chi connectivity index (χ3n) is 4.75. The van der Waals surface area contributed by atoms with Crippen LogP contribution in [0.3, 0.4) is 0 Å². The Kier molecular flexibility index (Phi) is 3.62. The van der Waals surface area contributed by atoms with Crippen LogP contribution >= 0.6 is 0 Å². The van der Waals surface area contributed by atoms with Crippen LogP contribution in [-0.2, 0) is 18.4 Å². The number of rotatable bonds is 5. The van der Waals surface area contributed by atoms with Gasteiger partial charge in [0.25, 0.3) is 0 Å². The number of benzene rings is 1. The first-order valence-corrected chi connectivity index (χ1v) is 7.50. The van der Waals surface area contributed by atoms with Crippen LogP contribution in [0.25, 0.3) is 0 Å². The number of hydrogen-bond donors (Lipinski definition) is 1. The summed E-state index contributed by atoms with van der Waals surface area (Å²) in [5.74, 6) is 0.988. The van der Waals surface area contributed by atoms with Crippen LogP contribution in [0.1, 0.15) is 37.6 Å². The highest BCUT2D eigenvalue weighted by Gasteiger charge is 2.45. The van der Waals surface area contributed by atoms with Crippen molar-refractivity contribution in [3.05, 3.63) is 54.1 Å². The minimum atomic E-state index is -0.355. The highest BCUT2D eigenvalue weighted by Crippen LogP contribution is 2.47. The van der Waals surface area contributed by atoms with E-state index in [2.05, 4.69) is 40.7 Å². The zero-order valence-corrected chi connectivity index (χ0v) is 12.0. The van der Waals surface area contributed by atoms with Crippen molar-refractivity contribution in [2.45, 2.75) is 50.7 Å². The summed E-state index contributed by atoms with van der Waals surface area (Å²) in [7, 11) is 0. The molecule has 1 fully saturated rings. The summed E-state index contributed by atoms with van der Waals surface area (Å²) >= 11 is 0. The molecule has 1 N–H and O–H groups in total. The van der Waals surface area contributed by atoms with Gasteiger partial charge in [-0.25, -0.2) is 4.98 Å². The van der Waals surface area contributed by atoms with Gasteiger partial charge in [-0.15, -0.1) is 0 Å². The molecule has 0 amide bonds. The van der Waals surface area contributed by atoms with Crippen molar-refractivity contribution in [1.29, 1.82) is 0 Å². The van der Waals surface area contributed by atoms with E-state index >= 15 is 0 Å². The van der Waals surface area contributed by atoms with Crippen LogP contribution in [0.5, 0.6) is 0 Å². The van der Waals surface area contributed by atoms with E-state index in [0.29, 0.717) is 6.42 Å². The first-order valence-electron chi connectivity index (χ1n) is 7.50. The van der Waals surface area contributed by atoms with Gasteiger partial charge in [0.1, 0.15) is 5.82 Å². The summed E-state index contributed by atoms with van der Waals surface area (Å²) in [5, 5.41) is 10.8. The Morgan fingerprint density at radius 2 is 2.05 bits per heavy atom. The van der Waals surface area contributed by atoms with Crippen molar-refractivity contribution in [1.82, 2.24) is 9.55 Å². The lowest BCUT2D eigenvalue weighted by Crippen LogP contribution is -2.46. The minimum absolute atomic E-state index is 0.0637. The van der Waals surface area contributed by atoms with Gasteiger partial charge >= 0.3 is 0 Å². The summed E-state index contributed by atoms with van der Waals surface area (Å²) in [5.41, 5.74) is 1.21. The van der Waals surface area contributed by atoms with Crippen molar-refractivity contribution in [2.24, 2.45) is 0 Å². The number of nitrogens with zero attached hydrogens (tertiary/aromatic N) is 2. The van der Waals surface area contributed by atoms with Gasteiger partial charge in [0, 0.05) is 30.8 Å². The normalized spacial score (nSPS) is 18.5. The van der Waals surface area contributed by atoms with E-state index in [4.69, 9.17) is 0 Å². The van der Waals surface area contributed by atoms with E-state index in [0.717, 1.165) is 25.2 Å². The predicted molar refractivity (Wildman–Crippen MR) is 79.6 cm³/mol. The maximum absolute atomic E-state index is 10.8. The molecule has 2 aromatic rings. The Labute approximate surface area is 120 Å². The van der Waals surface area contributed by atoms with Crippen molar-refractivity contribution < 1.29 is 5.11 Å². The number of imidazole rings is 1. The molecule has 3 heteroatoms. The highest BCUT2D eigenvalue weighted by atomic mass is 16.3. The molecule has 0 radical (unpaired) electrons. The van der Waals surface area contributed by atoms with E-state index in [9.17, 15) is 5.11 Å². The Balaban J connectivity index is 1.83. The van der Waals surface area contributed by atoms with Gasteiger partial charge in [-0.2, -0.15) is 0 Å². The summed E-state index contributed by atoms with van der Waals surface area (Å²) in [4.78, 5) is 4.40. The summed E-state index contributed by atoms with van der Waals surface area (Å²) in [6.45, 7) is 3.01. The van der Waals surface area contributed by atoms with Crippen molar-refractivity contribution in [3.8, 4) is 0 Å². The number of aromatic nitrogens is 2. The molecule has 1 aromatic heterocycles. The SMILES string of the molecule is CCn1ccnc1CC(O)C1(c2ccccc2)CCC1. The topological polar surface area (TPSA) is 38.0 Å². The first-order chi connectivity index (χ1) is 9.76. The largest absolute Gasteiger partial charge is 0.392 e. The molecule has 0 bridgehead atoms. The van der Waals surface area contributed by atoms with E-state index in [-0.39, 0.29) is 11.5 Å². The van der Waals surface area contributed by atoms with Crippen molar-refractivity contribution in [3.63, 3.8) is 0 Å². The molecular formula is C17H22N2O. The summed E-state index contributed by atoms with van der Waals surface area (Å²) in [6, 6.07) is 10.5. The van der Waals surface area contributed by atoms with Crippen molar-refractivity contribution in [2.75, 3.05) is 0 Å². The third kappa shape index (κ3) is 2.16. The number of aryl methyl sites for hydroxylation is 1. The van der Waals surface area contributed by atoms with Gasteiger partial charge in [0.2, 0.25) is 0 Å². The van der Waals surface area contributed by atoms with Gasteiger partial charge in [-0.05, 0) is 25.3 Å². The Morgan fingerprint density at radius 3 is 2.65 bits per heavy atom. The van der Waals surface area contributed by atoms with Gasteiger partial charge in [-0.1, -0.05) is 36.8 Å². The number of hydrogen-bond acceptors (Lipinski definition) is 2. The Morgan fingerprint density at radius 1 is 1.30 bits per heavy atom. The monoisotopic (exact) mass is 270 g/mol. The Hall–Kier alpha value is -1.61. The smallest absolute Gasteiger partial charge is 0.111 e. The van der Waals surface area contributed by atoms with Crippen molar-refractivity contribution >= 4 is 0 Å². The molecule has 1 aromatic carbocycles. The van der Waals surface area contributed by atoms with Crippen LogP contribution in [0, 0.1) is 0 Å². The second kappa shape index (κ2) is 5.41. The molecule has 106 valence electrons. The Bertz CT molecular complexity index is 557. The van der Waals surface area contributed by atoms with E-state index < -0.39 is 0 Å². The van der Waals surface area contributed by atoms with E-state index in [1.165, 1.54) is 12.0 Å². The fraction of sp³-hybridized carbons (Fsp3) is 0.471. The van der Waals surface area contributed by atoms with Crippen LogP contribution in [0.4, 0.5) is 0 Å². The lowest BCUT2D eigenvalue weighted by Gasteiger charge is -2.46. The van der Waals surface area contributed by atoms with Crippen LogP contribution in [0.15, 0.2) is 42.7 Å². The highest BCUT2D eigenvalue weighted by molar-refractivity contribution is 5.30. The van der Waals surface area contributed by atoms with Crippen LogP contribution in [0.2, 0.25) is 0 Å². The zero-order valence-electron chi connectivity index (χ0n) is 12.0. The molecule has 0 saturated heterocycles. The average Bonchev–Trinajstić information content (AvgIpc) is 2.86. The number of aliphatic hydroxyl groups is 1. The molecular weight excluding hydrogens is 248 g/mol. The number of aliphatic hydroxyl groups excluding tert-OH is 1. The second-order valence-corrected chi connectivity index (χ2v) is 5.73. The van der Waals surface area contributed by atoms with Gasteiger partial charge in [-0.3, -0.25) is 0 Å². The fourth-order valence-corrected chi connectivity index (χ4v) is 3.33. The molecule has 0 spiro atoms. The van der Waals surface area contributed by atoms with E-state index in [1.54, 1.807) is 0 Å². The predicted octanol–water partition coefficient (Wildman–Crippen LogP) is 2.93. The maximum atomic E-state index is 10.8. The molecule has 1 aliphatic carbocycles. The third-order valence-corrected chi connectivity index (χ3v) is 4.75. The maximum Gasteiger partial charge on any atom is 0.111 e. The molecule has 0 aliphatic heterocycles. The minimum Gasteiger partial charge on any atom is -0.392 e. The second-order valence-electron chi connectivity index (χ2n) is 5.73. The van der Waals surface area contributed by atoms with Crippen LogP contribution < -0.4 is 0 Å². The lowest BCUT2D eigenvalue weighted by atomic mass is 9.60. The zero-order chi connectivity index (χ0) is 14.0. The van der Waals surface area contributed by atoms with Crippen LogP contribution in [-0.4, -0.2) is 20.8 Å². The molecule has 1 atom stereocenters. The molecule has 1 unspecified atom stereocenters. The molecule has 1 saturated carbocycles. The standard InChI is InChI=1S/C17H22N2O/c1-2-19-12-11-18-16(19)13-15(20)17(9-6-10-17)14-7-4-3-5-8-14/h3-5,7-8,11-12,15,20H,2,6,9-10,13H2,1H3. The summed E-state index contributed by atoms with van der Waals surface area (Å²) < 4.78 is 2.11. The molecule has 20 heavy (non-hydrogen) atoms. The fourth-order valence-electron chi connectivity index (χ4n) is 3.33. The molecule has 1 heterocycles. The molecule has 3 rings (SSSR count). The summed E-state index contributed by atoms with van der Waals surface area (Å²) in [6.07, 6.45) is 7.44. The average molecular weight is 270 g/mol. The van der Waals surface area contributed by atoms with Gasteiger partial charge < -0.3 is 9.67 Å². The molecule has 1 aliphatic rings.